The van der Waals surface area contributed by atoms with Gasteiger partial charge in [0.1, 0.15) is 0 Å². The summed E-state index contributed by atoms with van der Waals surface area (Å²) in [6.45, 7) is 19.6. The van der Waals surface area contributed by atoms with Crippen LogP contribution in [0.25, 0.3) is 33.4 Å². The van der Waals surface area contributed by atoms with E-state index in [9.17, 15) is 0 Å². The SMILES string of the molecule is C[Si](C)=[Zr+2]([C]1=CC=CC1)[c]1c2c(cc(C(C)(C)C)c1-c1ccccc1)-c1cc(C(C)(C)C)c(-c3ccccc3)cc1C2.[Cl-].[Cl-]. The van der Waals surface area contributed by atoms with E-state index in [0.717, 1.165) is 12.8 Å². The van der Waals surface area contributed by atoms with Crippen LogP contribution in [-0.4, -0.2) is 5.43 Å². The normalized spacial score (nSPS) is 13.2. The van der Waals surface area contributed by atoms with Crippen molar-refractivity contribution in [2.75, 3.05) is 0 Å². The van der Waals surface area contributed by atoms with Gasteiger partial charge in [-0.05, 0) is 0 Å². The Bertz CT molecular complexity index is 1780. The molecule has 2 aliphatic rings. The summed E-state index contributed by atoms with van der Waals surface area (Å²) in [4.78, 5) is 0. The molecule has 0 bridgehead atoms. The van der Waals surface area contributed by atoms with Crippen molar-refractivity contribution in [3.63, 3.8) is 0 Å². The Kier molecular flexibility index (Phi) is 10.6. The summed E-state index contributed by atoms with van der Waals surface area (Å²) in [6.07, 6.45) is 9.44. The van der Waals surface area contributed by atoms with E-state index < -0.39 is 25.8 Å². The minimum Gasteiger partial charge on any atom is -1.00 e. The van der Waals surface area contributed by atoms with Gasteiger partial charge in [0.2, 0.25) is 0 Å². The summed E-state index contributed by atoms with van der Waals surface area (Å²) >= 11 is -2.21. The van der Waals surface area contributed by atoms with E-state index in [4.69, 9.17) is 0 Å². The van der Waals surface area contributed by atoms with Gasteiger partial charge in [0.15, 0.2) is 0 Å². The standard InChI is InChI=1S/C33H33.C5H5.C2H6Si.2ClH.Zr/c1-32(2,3)30-20-26-24(18-28(30)22-13-9-7-10-14-22)17-25-19-29(23-15-11-8-12-16-23)31(21-27(25)26)33(4,5)6;1-2-4-5-3-1;1-3-2;;;/h7-16,18,20-21H,17H2,1-6H3;1-3H,4H2;1-2H3;2*1H;/q;;;;;+2/p-2. The van der Waals surface area contributed by atoms with Crippen LogP contribution in [0, 0.1) is 0 Å². The van der Waals surface area contributed by atoms with E-state index in [0.29, 0.717) is 0 Å². The quantitative estimate of drug-likeness (QED) is 0.240. The van der Waals surface area contributed by atoms with Crippen LogP contribution in [0.15, 0.2) is 100 Å². The predicted octanol–water partition coefficient (Wildman–Crippen LogP) is 4.53. The molecule has 6 rings (SSSR count). The molecule has 0 N–H and O–H groups in total. The smallest absolute Gasteiger partial charge is 1.00 e. The van der Waals surface area contributed by atoms with Crippen molar-refractivity contribution < 1.29 is 45.2 Å². The first-order valence-electron chi connectivity index (χ1n) is 15.5. The van der Waals surface area contributed by atoms with E-state index in [1.165, 1.54) is 44.5 Å². The molecule has 4 aromatic carbocycles. The minimum absolute atomic E-state index is 0. The van der Waals surface area contributed by atoms with Crippen LogP contribution in [0.5, 0.6) is 0 Å². The molecule has 2 aliphatic carbocycles. The molecule has 0 amide bonds. The van der Waals surface area contributed by atoms with Crippen LogP contribution < -0.4 is 28.1 Å². The third-order valence-corrected chi connectivity index (χ3v) is 25.8. The summed E-state index contributed by atoms with van der Waals surface area (Å²) in [5, 5.41) is 0. The van der Waals surface area contributed by atoms with Gasteiger partial charge >= 0.3 is 263 Å². The van der Waals surface area contributed by atoms with E-state index in [-0.39, 0.29) is 35.6 Å². The fourth-order valence-corrected chi connectivity index (χ4v) is 24.1. The Morgan fingerprint density at radius 2 is 1.23 bits per heavy atom. The number of halogens is 2. The minimum atomic E-state index is -2.21. The molecule has 0 spiro atoms. The van der Waals surface area contributed by atoms with Crippen molar-refractivity contribution >= 4 is 8.70 Å². The number of fused-ring (bicyclic) bond motifs is 3. The summed E-state index contributed by atoms with van der Waals surface area (Å²) in [5.74, 6) is 0. The fraction of sp³-hybridized carbons (Fsp3) is 0.300. The first kappa shape index (κ1) is 34.9. The molecule has 0 nitrogen and oxygen atoms in total. The summed E-state index contributed by atoms with van der Waals surface area (Å²) in [7, 11) is 0. The second-order valence-corrected chi connectivity index (χ2v) is 31.3. The van der Waals surface area contributed by atoms with Crippen molar-refractivity contribution in [3.05, 3.63) is 123 Å². The molecule has 4 aromatic rings. The van der Waals surface area contributed by atoms with Crippen LogP contribution >= 0.6 is 0 Å². The third-order valence-electron chi connectivity index (χ3n) is 8.94. The van der Waals surface area contributed by atoms with Gasteiger partial charge in [-0.2, -0.15) is 0 Å². The molecule has 226 valence electrons. The Morgan fingerprint density at radius 3 is 1.75 bits per heavy atom. The van der Waals surface area contributed by atoms with Gasteiger partial charge in [-0.3, -0.25) is 0 Å². The van der Waals surface area contributed by atoms with Gasteiger partial charge in [-0.15, -0.1) is 0 Å². The number of rotatable bonds is 4. The monoisotopic (exact) mass is 712 g/mol. The average molecular weight is 715 g/mol. The van der Waals surface area contributed by atoms with Gasteiger partial charge in [0, 0.05) is 0 Å². The second-order valence-electron chi connectivity index (χ2n) is 14.4. The van der Waals surface area contributed by atoms with Gasteiger partial charge in [-0.25, -0.2) is 0 Å². The number of allylic oxidation sites excluding steroid dienone is 4. The maximum absolute atomic E-state index is 2.61. The molecule has 4 heteroatoms. The molecule has 0 heterocycles. The summed E-state index contributed by atoms with van der Waals surface area (Å²) < 4.78 is 3.59. The topological polar surface area (TPSA) is 0 Å². The van der Waals surface area contributed by atoms with Crippen molar-refractivity contribution in [3.8, 4) is 33.4 Å². The Hall–Kier alpha value is -1.96. The maximum Gasteiger partial charge on any atom is -1.00 e. The van der Waals surface area contributed by atoms with Crippen LogP contribution in [0.4, 0.5) is 0 Å². The van der Waals surface area contributed by atoms with Crippen LogP contribution in [0.2, 0.25) is 13.1 Å². The second kappa shape index (κ2) is 13.4. The van der Waals surface area contributed by atoms with Gasteiger partial charge in [0.05, 0.1) is 0 Å². The average Bonchev–Trinajstić information content (AvgIpc) is 3.60. The van der Waals surface area contributed by atoms with Crippen molar-refractivity contribution in [2.24, 2.45) is 0 Å². The van der Waals surface area contributed by atoms with E-state index in [1.54, 1.807) is 17.7 Å². The molecular formula is C40H44Cl2SiZr. The van der Waals surface area contributed by atoms with Gasteiger partial charge in [0.25, 0.3) is 0 Å². The number of benzene rings is 4. The molecule has 0 fully saturated rings. The van der Waals surface area contributed by atoms with E-state index in [2.05, 4.69) is 152 Å². The van der Waals surface area contributed by atoms with Gasteiger partial charge in [-0.1, -0.05) is 0 Å². The summed E-state index contributed by atoms with van der Waals surface area (Å²) in [5.41, 5.74) is 14.4. The first-order chi connectivity index (χ1) is 19.9. The molecule has 0 radical (unpaired) electrons. The largest absolute Gasteiger partial charge is 1.00 e. The Morgan fingerprint density at radius 1 is 0.659 bits per heavy atom. The molecule has 0 saturated heterocycles. The van der Waals surface area contributed by atoms with Crippen LogP contribution in [0.3, 0.4) is 0 Å². The molecular weight excluding hydrogens is 671 g/mol. The molecule has 0 aromatic heterocycles. The first-order valence-corrected chi connectivity index (χ1v) is 24.1. The third kappa shape index (κ3) is 6.48. The Labute approximate surface area is 286 Å². The molecule has 0 atom stereocenters. The summed E-state index contributed by atoms with van der Waals surface area (Å²) in [6, 6.07) is 30.2. The fourth-order valence-electron chi connectivity index (χ4n) is 6.99. The molecule has 0 aliphatic heterocycles. The zero-order valence-corrected chi connectivity index (χ0v) is 32.4. The van der Waals surface area contributed by atoms with Crippen LogP contribution in [0.1, 0.15) is 70.2 Å². The zero-order chi connectivity index (χ0) is 29.8. The van der Waals surface area contributed by atoms with Crippen molar-refractivity contribution in [2.45, 2.75) is 78.3 Å². The van der Waals surface area contributed by atoms with Gasteiger partial charge < -0.3 is 24.8 Å². The number of hydrogen-bond donors (Lipinski definition) is 0. The number of hydrogen-bond acceptors (Lipinski definition) is 0. The van der Waals surface area contributed by atoms with Crippen molar-refractivity contribution in [1.82, 2.24) is 0 Å². The molecule has 44 heavy (non-hydrogen) atoms. The van der Waals surface area contributed by atoms with Crippen LogP contribution in [-0.2, 0) is 37.6 Å². The predicted molar refractivity (Wildman–Crippen MR) is 182 cm³/mol. The molecule has 0 unspecified atom stereocenters. The zero-order valence-electron chi connectivity index (χ0n) is 27.4. The Balaban J connectivity index is 0.00000221. The molecule has 0 saturated carbocycles. The van der Waals surface area contributed by atoms with Crippen molar-refractivity contribution in [1.29, 1.82) is 0 Å². The van der Waals surface area contributed by atoms with E-state index in [1.807, 2.05) is 0 Å². The van der Waals surface area contributed by atoms with E-state index >= 15 is 0 Å². The maximum atomic E-state index is 2.61.